The van der Waals surface area contributed by atoms with E-state index in [1.807, 2.05) is 26.0 Å². The molecule has 94 valence electrons. The van der Waals surface area contributed by atoms with E-state index in [2.05, 4.69) is 18.3 Å². The van der Waals surface area contributed by atoms with Crippen molar-refractivity contribution in [3.05, 3.63) is 34.9 Å². The number of nitrogens with one attached hydrogen (secondary N) is 1. The minimum Gasteiger partial charge on any atom is -0.310 e. The van der Waals surface area contributed by atoms with Crippen LogP contribution < -0.4 is 5.32 Å². The van der Waals surface area contributed by atoms with Crippen LogP contribution in [0.4, 0.5) is 0 Å². The molecule has 0 heterocycles. The lowest BCUT2D eigenvalue weighted by Crippen LogP contribution is -2.24. The van der Waals surface area contributed by atoms with Crippen molar-refractivity contribution in [3.8, 4) is 0 Å². The Labute approximate surface area is 104 Å². The van der Waals surface area contributed by atoms with Gasteiger partial charge < -0.3 is 5.32 Å². The minimum absolute atomic E-state index is 0.194. The highest BCUT2D eigenvalue weighted by molar-refractivity contribution is 5.98. The highest BCUT2D eigenvalue weighted by atomic mass is 16.1. The first-order valence-electron chi connectivity index (χ1n) is 6.46. The summed E-state index contributed by atoms with van der Waals surface area (Å²) in [4.78, 5) is 11.9. The van der Waals surface area contributed by atoms with Crippen molar-refractivity contribution in [3.63, 3.8) is 0 Å². The Kier molecular flexibility index (Phi) is 5.92. The quantitative estimate of drug-likeness (QED) is 0.578. The standard InChI is InChI=1S/C15H23NO/c1-4-5-6-9-16-11-15(17)14-8-7-12(2)10-13(14)3/h7-8,10,16H,4-6,9,11H2,1-3H3. The Balaban J connectivity index is 2.42. The van der Waals surface area contributed by atoms with Crippen LogP contribution in [0.3, 0.4) is 0 Å². The molecule has 0 bridgehead atoms. The van der Waals surface area contributed by atoms with Gasteiger partial charge in [0.05, 0.1) is 6.54 Å². The van der Waals surface area contributed by atoms with E-state index < -0.39 is 0 Å². The van der Waals surface area contributed by atoms with Crippen LogP contribution in [-0.4, -0.2) is 18.9 Å². The molecule has 1 aromatic carbocycles. The number of rotatable bonds is 7. The number of Topliss-reactive ketones (excluding diaryl/α,β-unsaturated/α-hetero) is 1. The van der Waals surface area contributed by atoms with Crippen LogP contribution >= 0.6 is 0 Å². The zero-order valence-corrected chi connectivity index (χ0v) is 11.2. The molecule has 17 heavy (non-hydrogen) atoms. The summed E-state index contributed by atoms with van der Waals surface area (Å²) in [5.74, 6) is 0.194. The van der Waals surface area contributed by atoms with Crippen LogP contribution in [-0.2, 0) is 0 Å². The molecule has 2 heteroatoms. The number of aryl methyl sites for hydroxylation is 2. The van der Waals surface area contributed by atoms with Crippen molar-refractivity contribution < 1.29 is 4.79 Å². The molecule has 1 aromatic rings. The van der Waals surface area contributed by atoms with Gasteiger partial charge in [0, 0.05) is 5.56 Å². The zero-order chi connectivity index (χ0) is 12.7. The van der Waals surface area contributed by atoms with E-state index in [4.69, 9.17) is 0 Å². The molecule has 0 saturated heterocycles. The second-order valence-corrected chi connectivity index (χ2v) is 4.63. The van der Waals surface area contributed by atoms with E-state index in [0.717, 1.165) is 24.1 Å². The van der Waals surface area contributed by atoms with Gasteiger partial charge in [-0.3, -0.25) is 4.79 Å². The summed E-state index contributed by atoms with van der Waals surface area (Å²) in [6, 6.07) is 5.99. The summed E-state index contributed by atoms with van der Waals surface area (Å²) >= 11 is 0. The van der Waals surface area contributed by atoms with Crippen molar-refractivity contribution >= 4 is 5.78 Å². The maximum atomic E-state index is 11.9. The lowest BCUT2D eigenvalue weighted by molar-refractivity contribution is 0.0990. The Morgan fingerprint density at radius 2 is 2.00 bits per heavy atom. The first-order valence-corrected chi connectivity index (χ1v) is 6.46. The lowest BCUT2D eigenvalue weighted by atomic mass is 10.0. The number of benzene rings is 1. The van der Waals surface area contributed by atoms with Gasteiger partial charge in [0.25, 0.3) is 0 Å². The molecule has 0 aliphatic rings. The van der Waals surface area contributed by atoms with Crippen LogP contribution in [0.1, 0.15) is 47.7 Å². The molecule has 0 aliphatic carbocycles. The number of carbonyl (C=O) groups is 1. The van der Waals surface area contributed by atoms with Gasteiger partial charge in [0.1, 0.15) is 0 Å². The third-order valence-corrected chi connectivity index (χ3v) is 2.92. The van der Waals surface area contributed by atoms with Gasteiger partial charge in [-0.05, 0) is 32.4 Å². The number of hydrogen-bond acceptors (Lipinski definition) is 2. The summed E-state index contributed by atoms with van der Waals surface area (Å²) in [5, 5.41) is 3.21. The molecule has 0 atom stereocenters. The fraction of sp³-hybridized carbons (Fsp3) is 0.533. The molecule has 1 N–H and O–H groups in total. The SMILES string of the molecule is CCCCCNCC(=O)c1ccc(C)cc1C. The summed E-state index contributed by atoms with van der Waals surface area (Å²) in [5.41, 5.74) is 3.12. The molecular formula is C15H23NO. The molecule has 0 unspecified atom stereocenters. The predicted octanol–water partition coefficient (Wildman–Crippen LogP) is 3.27. The smallest absolute Gasteiger partial charge is 0.176 e. The van der Waals surface area contributed by atoms with E-state index in [-0.39, 0.29) is 5.78 Å². The van der Waals surface area contributed by atoms with Gasteiger partial charge in [0.2, 0.25) is 0 Å². The Morgan fingerprint density at radius 1 is 1.24 bits per heavy atom. The number of unbranched alkanes of at least 4 members (excludes halogenated alkanes) is 2. The zero-order valence-electron chi connectivity index (χ0n) is 11.2. The number of ketones is 1. The second kappa shape index (κ2) is 7.23. The Bertz CT molecular complexity index is 371. The first kappa shape index (κ1) is 13.9. The fourth-order valence-electron chi connectivity index (χ4n) is 1.92. The van der Waals surface area contributed by atoms with Crippen molar-refractivity contribution in [1.29, 1.82) is 0 Å². The largest absolute Gasteiger partial charge is 0.310 e. The van der Waals surface area contributed by atoms with Gasteiger partial charge in [-0.1, -0.05) is 43.5 Å². The van der Waals surface area contributed by atoms with E-state index in [1.54, 1.807) is 0 Å². The molecule has 0 aromatic heterocycles. The van der Waals surface area contributed by atoms with Gasteiger partial charge in [-0.2, -0.15) is 0 Å². The fourth-order valence-corrected chi connectivity index (χ4v) is 1.92. The van der Waals surface area contributed by atoms with Crippen LogP contribution in [0.5, 0.6) is 0 Å². The molecule has 1 rings (SSSR count). The predicted molar refractivity (Wildman–Crippen MR) is 72.6 cm³/mol. The lowest BCUT2D eigenvalue weighted by Gasteiger charge is -2.07. The maximum absolute atomic E-state index is 11.9. The number of hydrogen-bond donors (Lipinski definition) is 1. The number of carbonyl (C=O) groups excluding carboxylic acids is 1. The van der Waals surface area contributed by atoms with Crippen LogP contribution in [0, 0.1) is 13.8 Å². The monoisotopic (exact) mass is 233 g/mol. The van der Waals surface area contributed by atoms with Gasteiger partial charge in [-0.15, -0.1) is 0 Å². The van der Waals surface area contributed by atoms with E-state index in [1.165, 1.54) is 18.4 Å². The molecule has 0 saturated carbocycles. The minimum atomic E-state index is 0.194. The van der Waals surface area contributed by atoms with E-state index in [0.29, 0.717) is 6.54 Å². The highest BCUT2D eigenvalue weighted by Gasteiger charge is 2.07. The van der Waals surface area contributed by atoms with Crippen molar-refractivity contribution in [2.45, 2.75) is 40.0 Å². The Hall–Kier alpha value is -1.15. The molecule has 2 nitrogen and oxygen atoms in total. The molecule has 0 spiro atoms. The molecule has 0 radical (unpaired) electrons. The summed E-state index contributed by atoms with van der Waals surface area (Å²) in [6.45, 7) is 7.61. The molecule has 0 fully saturated rings. The molecule has 0 aliphatic heterocycles. The summed E-state index contributed by atoms with van der Waals surface area (Å²) in [6.07, 6.45) is 3.59. The van der Waals surface area contributed by atoms with Crippen LogP contribution in [0.15, 0.2) is 18.2 Å². The summed E-state index contributed by atoms with van der Waals surface area (Å²) < 4.78 is 0. The molecule has 0 amide bonds. The average molecular weight is 233 g/mol. The van der Waals surface area contributed by atoms with Crippen LogP contribution in [0.2, 0.25) is 0 Å². The summed E-state index contributed by atoms with van der Waals surface area (Å²) in [7, 11) is 0. The van der Waals surface area contributed by atoms with E-state index in [9.17, 15) is 4.79 Å². The van der Waals surface area contributed by atoms with Gasteiger partial charge in [-0.25, -0.2) is 0 Å². The van der Waals surface area contributed by atoms with Gasteiger partial charge >= 0.3 is 0 Å². The topological polar surface area (TPSA) is 29.1 Å². The maximum Gasteiger partial charge on any atom is 0.176 e. The Morgan fingerprint density at radius 3 is 2.65 bits per heavy atom. The van der Waals surface area contributed by atoms with Crippen molar-refractivity contribution in [2.24, 2.45) is 0 Å². The van der Waals surface area contributed by atoms with E-state index >= 15 is 0 Å². The third kappa shape index (κ3) is 4.70. The average Bonchev–Trinajstić information content (AvgIpc) is 2.28. The third-order valence-electron chi connectivity index (χ3n) is 2.92. The van der Waals surface area contributed by atoms with Gasteiger partial charge in [0.15, 0.2) is 5.78 Å². The second-order valence-electron chi connectivity index (χ2n) is 4.63. The normalized spacial score (nSPS) is 10.5. The highest BCUT2D eigenvalue weighted by Crippen LogP contribution is 2.10. The molecular weight excluding hydrogens is 210 g/mol. The van der Waals surface area contributed by atoms with Crippen LogP contribution in [0.25, 0.3) is 0 Å². The first-order chi connectivity index (χ1) is 8.15. The van der Waals surface area contributed by atoms with Crippen molar-refractivity contribution in [2.75, 3.05) is 13.1 Å². The van der Waals surface area contributed by atoms with Crippen molar-refractivity contribution in [1.82, 2.24) is 5.32 Å².